The Kier molecular flexibility index (Phi) is 4.86. The third-order valence-corrected chi connectivity index (χ3v) is 3.20. The van der Waals surface area contributed by atoms with Gasteiger partial charge in [-0.1, -0.05) is 0 Å². The first kappa shape index (κ1) is 16.1. The lowest BCUT2D eigenvalue weighted by Gasteiger charge is -2.34. The van der Waals surface area contributed by atoms with Crippen molar-refractivity contribution >= 4 is 6.09 Å². The molecule has 118 valence electrons. The van der Waals surface area contributed by atoms with Crippen LogP contribution in [0.5, 0.6) is 5.88 Å². The van der Waals surface area contributed by atoms with Crippen molar-refractivity contribution < 1.29 is 14.3 Å². The highest BCUT2D eigenvalue weighted by atomic mass is 16.6. The second-order valence-corrected chi connectivity index (χ2v) is 6.28. The van der Waals surface area contributed by atoms with Gasteiger partial charge in [-0.2, -0.15) is 5.26 Å². The fraction of sp³-hybridized carbons (Fsp3) is 0.562. The average molecular weight is 303 g/mol. The Morgan fingerprint density at radius 1 is 1.50 bits per heavy atom. The summed E-state index contributed by atoms with van der Waals surface area (Å²) >= 11 is 0. The van der Waals surface area contributed by atoms with Crippen LogP contribution in [0.1, 0.15) is 39.2 Å². The van der Waals surface area contributed by atoms with Gasteiger partial charge in [-0.25, -0.2) is 9.78 Å². The second-order valence-electron chi connectivity index (χ2n) is 6.28. The number of nitrogens with zero attached hydrogens (tertiary/aromatic N) is 3. The molecular weight excluding hydrogens is 282 g/mol. The maximum atomic E-state index is 12.1. The Morgan fingerprint density at radius 2 is 2.27 bits per heavy atom. The number of carbonyl (C=O) groups excluding carboxylic acids is 1. The predicted octanol–water partition coefficient (Wildman–Crippen LogP) is 2.73. The fourth-order valence-corrected chi connectivity index (χ4v) is 2.25. The Hall–Kier alpha value is -2.29. The van der Waals surface area contributed by atoms with Crippen LogP contribution in [-0.2, 0) is 4.74 Å². The van der Waals surface area contributed by atoms with Crippen LogP contribution in [0.3, 0.4) is 0 Å². The van der Waals surface area contributed by atoms with Crippen LogP contribution in [0, 0.1) is 11.3 Å². The highest BCUT2D eigenvalue weighted by Gasteiger charge is 2.29. The summed E-state index contributed by atoms with van der Waals surface area (Å²) in [7, 11) is 0. The lowest BCUT2D eigenvalue weighted by Crippen LogP contribution is -2.46. The van der Waals surface area contributed by atoms with Crippen LogP contribution in [-0.4, -0.2) is 40.8 Å². The van der Waals surface area contributed by atoms with Gasteiger partial charge in [0.1, 0.15) is 23.3 Å². The Bertz CT molecular complexity index is 575. The van der Waals surface area contributed by atoms with Gasteiger partial charge in [0.05, 0.1) is 6.54 Å². The molecule has 0 bridgehead atoms. The predicted molar refractivity (Wildman–Crippen MR) is 80.4 cm³/mol. The van der Waals surface area contributed by atoms with Gasteiger partial charge in [-0.05, 0) is 45.7 Å². The van der Waals surface area contributed by atoms with Crippen LogP contribution >= 0.6 is 0 Å². The highest BCUT2D eigenvalue weighted by Crippen LogP contribution is 2.21. The molecular formula is C16H21N3O3. The van der Waals surface area contributed by atoms with E-state index in [2.05, 4.69) is 11.1 Å². The van der Waals surface area contributed by atoms with E-state index >= 15 is 0 Å². The molecule has 0 saturated carbocycles. The number of rotatable bonds is 2. The number of aromatic nitrogens is 1. The van der Waals surface area contributed by atoms with E-state index in [9.17, 15) is 4.79 Å². The summed E-state index contributed by atoms with van der Waals surface area (Å²) in [5.74, 6) is 0.320. The quantitative estimate of drug-likeness (QED) is 0.839. The number of likely N-dealkylation sites (tertiary alicyclic amines) is 1. The van der Waals surface area contributed by atoms with Crippen molar-refractivity contribution in [1.29, 1.82) is 5.26 Å². The summed E-state index contributed by atoms with van der Waals surface area (Å²) in [6, 6.07) is 5.41. The summed E-state index contributed by atoms with van der Waals surface area (Å²) in [5.41, 5.74) is -0.114. The molecule has 0 spiro atoms. The molecule has 1 fully saturated rings. The van der Waals surface area contributed by atoms with Crippen LogP contribution in [0.2, 0.25) is 0 Å². The topological polar surface area (TPSA) is 75.4 Å². The van der Waals surface area contributed by atoms with E-state index in [0.29, 0.717) is 24.5 Å². The van der Waals surface area contributed by atoms with Crippen LogP contribution in [0.25, 0.3) is 0 Å². The summed E-state index contributed by atoms with van der Waals surface area (Å²) in [6.07, 6.45) is 2.73. The number of nitriles is 1. The third kappa shape index (κ3) is 4.35. The van der Waals surface area contributed by atoms with Crippen molar-refractivity contribution in [2.45, 2.75) is 45.3 Å². The molecule has 6 nitrogen and oxygen atoms in total. The molecule has 6 heteroatoms. The molecule has 0 N–H and O–H groups in total. The zero-order valence-corrected chi connectivity index (χ0v) is 13.2. The lowest BCUT2D eigenvalue weighted by atomic mass is 10.1. The van der Waals surface area contributed by atoms with E-state index in [1.54, 1.807) is 23.2 Å². The molecule has 0 aliphatic carbocycles. The summed E-state index contributed by atoms with van der Waals surface area (Å²) in [4.78, 5) is 17.9. The Labute approximate surface area is 130 Å². The molecule has 1 amide bonds. The minimum atomic E-state index is -0.514. The zero-order valence-electron chi connectivity index (χ0n) is 13.2. The van der Waals surface area contributed by atoms with Gasteiger partial charge in [0.2, 0.25) is 5.88 Å². The molecule has 1 aromatic heterocycles. The SMILES string of the molecule is CC(C)(C)OC(=O)N1CCCC(Oc2ncccc2C#N)C1. The first-order valence-electron chi connectivity index (χ1n) is 7.39. The summed E-state index contributed by atoms with van der Waals surface area (Å²) < 4.78 is 11.2. The molecule has 1 aliphatic rings. The molecule has 1 aromatic rings. The zero-order chi connectivity index (χ0) is 16.2. The fourth-order valence-electron chi connectivity index (χ4n) is 2.25. The lowest BCUT2D eigenvalue weighted by molar-refractivity contribution is 0.00719. The third-order valence-electron chi connectivity index (χ3n) is 3.20. The number of carbonyl (C=O) groups is 1. The molecule has 1 saturated heterocycles. The highest BCUT2D eigenvalue weighted by molar-refractivity contribution is 5.68. The van der Waals surface area contributed by atoms with E-state index < -0.39 is 5.60 Å². The first-order valence-corrected chi connectivity index (χ1v) is 7.39. The molecule has 0 radical (unpaired) electrons. The average Bonchev–Trinajstić information content (AvgIpc) is 2.46. The van der Waals surface area contributed by atoms with Crippen LogP contribution in [0.15, 0.2) is 18.3 Å². The van der Waals surface area contributed by atoms with E-state index in [1.807, 2.05) is 20.8 Å². The standard InChI is InChI=1S/C16H21N3O3/c1-16(2,3)22-15(20)19-9-5-7-13(11-19)21-14-12(10-17)6-4-8-18-14/h4,6,8,13H,5,7,9,11H2,1-3H3. The van der Waals surface area contributed by atoms with Gasteiger partial charge in [0.25, 0.3) is 0 Å². The van der Waals surface area contributed by atoms with E-state index in [1.165, 1.54) is 0 Å². The van der Waals surface area contributed by atoms with Crippen molar-refractivity contribution in [2.24, 2.45) is 0 Å². The monoisotopic (exact) mass is 303 g/mol. The Balaban J connectivity index is 1.99. The van der Waals surface area contributed by atoms with E-state index in [4.69, 9.17) is 14.7 Å². The number of piperidine rings is 1. The minimum absolute atomic E-state index is 0.178. The van der Waals surface area contributed by atoms with Crippen molar-refractivity contribution in [2.75, 3.05) is 13.1 Å². The molecule has 0 aromatic carbocycles. The normalized spacial score (nSPS) is 18.5. The van der Waals surface area contributed by atoms with Gasteiger partial charge in [-0.3, -0.25) is 0 Å². The van der Waals surface area contributed by atoms with Crippen LogP contribution < -0.4 is 4.74 Å². The maximum Gasteiger partial charge on any atom is 0.410 e. The second kappa shape index (κ2) is 6.65. The molecule has 22 heavy (non-hydrogen) atoms. The van der Waals surface area contributed by atoms with Gasteiger partial charge in [0, 0.05) is 12.7 Å². The summed E-state index contributed by atoms with van der Waals surface area (Å²) in [5, 5.41) is 9.06. The van der Waals surface area contributed by atoms with E-state index in [-0.39, 0.29) is 12.2 Å². The Morgan fingerprint density at radius 3 is 2.95 bits per heavy atom. The number of hydrogen-bond acceptors (Lipinski definition) is 5. The molecule has 2 heterocycles. The van der Waals surface area contributed by atoms with Crippen molar-refractivity contribution in [3.8, 4) is 11.9 Å². The summed E-state index contributed by atoms with van der Waals surface area (Å²) in [6.45, 7) is 6.63. The van der Waals surface area contributed by atoms with Gasteiger partial charge in [0.15, 0.2) is 0 Å². The number of pyridine rings is 1. The number of ether oxygens (including phenoxy) is 2. The molecule has 1 unspecified atom stereocenters. The van der Waals surface area contributed by atoms with Crippen molar-refractivity contribution in [3.63, 3.8) is 0 Å². The van der Waals surface area contributed by atoms with Gasteiger partial charge < -0.3 is 14.4 Å². The smallest absolute Gasteiger partial charge is 0.410 e. The van der Waals surface area contributed by atoms with Crippen LogP contribution in [0.4, 0.5) is 4.79 Å². The largest absolute Gasteiger partial charge is 0.472 e. The first-order chi connectivity index (χ1) is 10.4. The van der Waals surface area contributed by atoms with Crippen molar-refractivity contribution in [3.05, 3.63) is 23.9 Å². The molecule has 1 atom stereocenters. The maximum absolute atomic E-state index is 12.1. The van der Waals surface area contributed by atoms with Crippen molar-refractivity contribution in [1.82, 2.24) is 9.88 Å². The van der Waals surface area contributed by atoms with Gasteiger partial charge in [-0.15, -0.1) is 0 Å². The van der Waals surface area contributed by atoms with Gasteiger partial charge >= 0.3 is 6.09 Å². The number of amides is 1. The number of hydrogen-bond donors (Lipinski definition) is 0. The van der Waals surface area contributed by atoms with E-state index in [0.717, 1.165) is 12.8 Å². The minimum Gasteiger partial charge on any atom is -0.472 e. The molecule has 1 aliphatic heterocycles. The molecule has 2 rings (SSSR count).